The van der Waals surface area contributed by atoms with Crippen molar-refractivity contribution < 1.29 is 18.0 Å². The van der Waals surface area contributed by atoms with Gasteiger partial charge in [-0.15, -0.1) is 12.4 Å². The average Bonchev–Trinajstić information content (AvgIpc) is 2.48. The van der Waals surface area contributed by atoms with Crippen molar-refractivity contribution in [3.63, 3.8) is 0 Å². The van der Waals surface area contributed by atoms with E-state index in [0.717, 1.165) is 38.4 Å². The fourth-order valence-electron chi connectivity index (χ4n) is 2.77. The summed E-state index contributed by atoms with van der Waals surface area (Å²) in [7, 11) is 0. The van der Waals surface area contributed by atoms with E-state index in [2.05, 4.69) is 10.6 Å². The number of halogens is 4. The Hall–Kier alpha value is -1.27. The van der Waals surface area contributed by atoms with Crippen LogP contribution in [0.15, 0.2) is 24.3 Å². The minimum absolute atomic E-state index is 0. The molecular formula is C16H22ClF3N2O. The molecule has 1 heterocycles. The number of benzene rings is 1. The molecule has 2 rings (SSSR count). The number of hydrogen-bond acceptors (Lipinski definition) is 2. The van der Waals surface area contributed by atoms with Crippen LogP contribution in [0.3, 0.4) is 0 Å². The molecule has 3 nitrogen and oxygen atoms in total. The zero-order valence-corrected chi connectivity index (χ0v) is 13.6. The monoisotopic (exact) mass is 350 g/mol. The lowest BCUT2D eigenvalue weighted by molar-refractivity contribution is -0.138. The van der Waals surface area contributed by atoms with Gasteiger partial charge in [-0.3, -0.25) is 4.79 Å². The second kappa shape index (κ2) is 9.13. The number of rotatable bonds is 5. The molecule has 23 heavy (non-hydrogen) atoms. The number of carbonyl (C=O) groups excluding carboxylic acids is 1. The smallest absolute Gasteiger partial charge is 0.356 e. The molecule has 1 unspecified atom stereocenters. The lowest BCUT2D eigenvalue weighted by Gasteiger charge is -2.22. The summed E-state index contributed by atoms with van der Waals surface area (Å²) in [5.41, 5.74) is -0.714. The number of amides is 1. The van der Waals surface area contributed by atoms with Crippen LogP contribution in [0.5, 0.6) is 0 Å². The summed E-state index contributed by atoms with van der Waals surface area (Å²) in [5, 5.41) is 6.02. The summed E-state index contributed by atoms with van der Waals surface area (Å²) in [5.74, 6) is 0.178. The predicted molar refractivity (Wildman–Crippen MR) is 85.6 cm³/mol. The Morgan fingerprint density at radius 2 is 2.04 bits per heavy atom. The molecule has 1 saturated heterocycles. The van der Waals surface area contributed by atoms with E-state index in [9.17, 15) is 18.0 Å². The summed E-state index contributed by atoms with van der Waals surface area (Å²) >= 11 is 0. The highest BCUT2D eigenvalue weighted by Gasteiger charge is 2.33. The van der Waals surface area contributed by atoms with Crippen molar-refractivity contribution in [1.29, 1.82) is 0 Å². The lowest BCUT2D eigenvalue weighted by Crippen LogP contribution is -2.33. The molecule has 1 aromatic carbocycles. The fraction of sp³-hybridized carbons (Fsp3) is 0.562. The maximum absolute atomic E-state index is 12.9. The molecule has 0 spiro atoms. The first kappa shape index (κ1) is 19.8. The molecular weight excluding hydrogens is 329 g/mol. The van der Waals surface area contributed by atoms with Gasteiger partial charge >= 0.3 is 6.18 Å². The van der Waals surface area contributed by atoms with Crippen molar-refractivity contribution >= 4 is 18.3 Å². The molecule has 0 saturated carbocycles. The number of piperidine rings is 1. The number of nitrogens with one attached hydrogen (secondary N) is 2. The Morgan fingerprint density at radius 1 is 1.30 bits per heavy atom. The van der Waals surface area contributed by atoms with Gasteiger partial charge < -0.3 is 10.6 Å². The first-order chi connectivity index (χ1) is 10.5. The third-order valence-electron chi connectivity index (χ3n) is 3.95. The normalized spacial score (nSPS) is 18.1. The first-order valence-corrected chi connectivity index (χ1v) is 7.59. The van der Waals surface area contributed by atoms with Gasteiger partial charge in [0.1, 0.15) is 0 Å². The van der Waals surface area contributed by atoms with Crippen LogP contribution < -0.4 is 10.6 Å². The summed E-state index contributed by atoms with van der Waals surface area (Å²) in [6, 6.07) is 5.22. The molecule has 0 aliphatic carbocycles. The van der Waals surface area contributed by atoms with Crippen molar-refractivity contribution in [2.24, 2.45) is 5.92 Å². The Bertz CT molecular complexity index is 502. The Labute approximate surface area is 140 Å². The number of hydrogen-bond donors (Lipinski definition) is 2. The zero-order chi connectivity index (χ0) is 16.0. The maximum Gasteiger partial charge on any atom is 0.416 e. The van der Waals surface area contributed by atoms with Crippen LogP contribution in [0.2, 0.25) is 0 Å². The van der Waals surface area contributed by atoms with Gasteiger partial charge in [-0.2, -0.15) is 13.2 Å². The van der Waals surface area contributed by atoms with E-state index in [0.29, 0.717) is 12.5 Å². The summed E-state index contributed by atoms with van der Waals surface area (Å²) in [4.78, 5) is 11.8. The van der Waals surface area contributed by atoms with Crippen LogP contribution in [0.25, 0.3) is 0 Å². The second-order valence-electron chi connectivity index (χ2n) is 5.68. The Morgan fingerprint density at radius 3 is 2.70 bits per heavy atom. The highest BCUT2D eigenvalue weighted by atomic mass is 35.5. The van der Waals surface area contributed by atoms with E-state index < -0.39 is 11.7 Å². The molecule has 130 valence electrons. The van der Waals surface area contributed by atoms with Gasteiger partial charge in [0.15, 0.2) is 0 Å². The molecule has 1 aromatic rings. The summed E-state index contributed by atoms with van der Waals surface area (Å²) < 4.78 is 38.6. The minimum Gasteiger partial charge on any atom is -0.356 e. The van der Waals surface area contributed by atoms with Gasteiger partial charge in [-0.1, -0.05) is 18.2 Å². The molecule has 1 amide bonds. The van der Waals surface area contributed by atoms with Gasteiger partial charge in [-0.25, -0.2) is 0 Å². The highest BCUT2D eigenvalue weighted by molar-refractivity contribution is 5.85. The minimum atomic E-state index is -4.43. The molecule has 1 aliphatic rings. The van der Waals surface area contributed by atoms with Gasteiger partial charge in [-0.05, 0) is 49.9 Å². The Kier molecular flexibility index (Phi) is 7.85. The quantitative estimate of drug-likeness (QED) is 0.856. The van der Waals surface area contributed by atoms with Crippen molar-refractivity contribution in [3.05, 3.63) is 35.4 Å². The van der Waals surface area contributed by atoms with Crippen LogP contribution in [-0.2, 0) is 17.4 Å². The SMILES string of the molecule is Cl.O=C(Cc1ccccc1C(F)(F)F)NCCC1CCCNC1. The summed E-state index contributed by atoms with van der Waals surface area (Å²) in [6.07, 6.45) is -1.53. The fourth-order valence-corrected chi connectivity index (χ4v) is 2.77. The van der Waals surface area contributed by atoms with Crippen LogP contribution >= 0.6 is 12.4 Å². The largest absolute Gasteiger partial charge is 0.416 e. The third-order valence-corrected chi connectivity index (χ3v) is 3.95. The van der Waals surface area contributed by atoms with E-state index in [-0.39, 0.29) is 30.3 Å². The molecule has 2 N–H and O–H groups in total. The van der Waals surface area contributed by atoms with Crippen LogP contribution in [0.1, 0.15) is 30.4 Å². The molecule has 0 aromatic heterocycles. The Balaban J connectivity index is 0.00000264. The number of alkyl halides is 3. The lowest BCUT2D eigenvalue weighted by atomic mass is 9.96. The molecule has 0 radical (unpaired) electrons. The van der Waals surface area contributed by atoms with Crippen LogP contribution in [0.4, 0.5) is 13.2 Å². The maximum atomic E-state index is 12.9. The van der Waals surface area contributed by atoms with Crippen LogP contribution in [0, 0.1) is 5.92 Å². The standard InChI is InChI=1S/C16H21F3N2O.ClH/c17-16(18,19)14-6-2-1-5-13(14)10-15(22)21-9-7-12-4-3-8-20-11-12;/h1-2,5-6,12,20H,3-4,7-11H2,(H,21,22);1H. The number of carbonyl (C=O) groups is 1. The van der Waals surface area contributed by atoms with Crippen LogP contribution in [-0.4, -0.2) is 25.5 Å². The van der Waals surface area contributed by atoms with E-state index in [1.54, 1.807) is 0 Å². The van der Waals surface area contributed by atoms with Gasteiger partial charge in [0.2, 0.25) is 5.91 Å². The van der Waals surface area contributed by atoms with Crippen molar-refractivity contribution in [1.82, 2.24) is 10.6 Å². The van der Waals surface area contributed by atoms with Crippen molar-refractivity contribution in [2.45, 2.75) is 31.9 Å². The highest BCUT2D eigenvalue weighted by Crippen LogP contribution is 2.31. The zero-order valence-electron chi connectivity index (χ0n) is 12.8. The topological polar surface area (TPSA) is 41.1 Å². The average molecular weight is 351 g/mol. The first-order valence-electron chi connectivity index (χ1n) is 7.59. The third kappa shape index (κ3) is 6.39. The summed E-state index contributed by atoms with van der Waals surface area (Å²) in [6.45, 7) is 2.50. The van der Waals surface area contributed by atoms with Gasteiger partial charge in [0, 0.05) is 6.54 Å². The van der Waals surface area contributed by atoms with E-state index in [1.807, 2.05) is 0 Å². The predicted octanol–water partition coefficient (Wildman–Crippen LogP) is 3.18. The van der Waals surface area contributed by atoms with E-state index >= 15 is 0 Å². The molecule has 7 heteroatoms. The molecule has 0 bridgehead atoms. The van der Waals surface area contributed by atoms with E-state index in [1.165, 1.54) is 18.2 Å². The second-order valence-corrected chi connectivity index (χ2v) is 5.68. The molecule has 1 atom stereocenters. The molecule has 1 aliphatic heterocycles. The van der Waals surface area contributed by atoms with Gasteiger partial charge in [0.25, 0.3) is 0 Å². The van der Waals surface area contributed by atoms with Crippen molar-refractivity contribution in [3.8, 4) is 0 Å². The van der Waals surface area contributed by atoms with Gasteiger partial charge in [0.05, 0.1) is 12.0 Å². The molecule has 1 fully saturated rings. The van der Waals surface area contributed by atoms with Crippen molar-refractivity contribution in [2.75, 3.05) is 19.6 Å². The van der Waals surface area contributed by atoms with E-state index in [4.69, 9.17) is 0 Å².